The molecular weight excluding hydrogens is 509 g/mol. The molecule has 0 radical (unpaired) electrons. The number of hydrogen-bond donors (Lipinski definition) is 4. The van der Waals surface area contributed by atoms with Crippen LogP contribution in [0.1, 0.15) is 47.2 Å². The normalized spacial score (nSPS) is 21.9. The summed E-state index contributed by atoms with van der Waals surface area (Å²) in [5.41, 5.74) is 4.69. The van der Waals surface area contributed by atoms with Gasteiger partial charge in [0, 0.05) is 16.7 Å². The first-order valence-electron chi connectivity index (χ1n) is 11.0. The van der Waals surface area contributed by atoms with E-state index >= 15 is 0 Å². The third-order valence-corrected chi connectivity index (χ3v) is 5.68. The smallest absolute Gasteiger partial charge is 0.479 e. The van der Waals surface area contributed by atoms with Crippen molar-refractivity contribution in [3.05, 3.63) is 34.9 Å². The zero-order valence-corrected chi connectivity index (χ0v) is 19.3. The number of esters is 1. The zero-order valence-electron chi connectivity index (χ0n) is 19.3. The maximum Gasteiger partial charge on any atom is 0.490 e. The van der Waals surface area contributed by atoms with Gasteiger partial charge in [-0.15, -0.1) is 0 Å². The maximum absolute atomic E-state index is 13.1. The molecule has 0 saturated heterocycles. The molecule has 2 aliphatic carbocycles. The number of Topliss-reactive ketones (excluding diaryl/α,β-unsaturated/α-hetero) is 1. The fraction of sp³-hybridized carbons (Fsp3) is 0.500. The second-order valence-corrected chi connectivity index (χ2v) is 8.16. The standard InChI is InChI=1S/C20H24N2O8.C2HF3O2/c21-8-12-4-6-13(7-5-12)29-19(27)20(30-28-10-17(25)26)15-3-1-2-14(18(15)20)16(24)9-22-11-23;3-2(4,5)1(6)7/h1-3,11-13H,4-10,21H2,(H,22,23)(H,25,26);(H,6,7). The van der Waals surface area contributed by atoms with Gasteiger partial charge in [-0.1, -0.05) is 18.2 Å². The van der Waals surface area contributed by atoms with Gasteiger partial charge >= 0.3 is 24.1 Å². The summed E-state index contributed by atoms with van der Waals surface area (Å²) in [7, 11) is 0. The van der Waals surface area contributed by atoms with Crippen LogP contribution in [0.2, 0.25) is 0 Å². The first-order valence-corrected chi connectivity index (χ1v) is 11.0. The van der Waals surface area contributed by atoms with E-state index < -0.39 is 42.1 Å². The Bertz CT molecular complexity index is 1020. The summed E-state index contributed by atoms with van der Waals surface area (Å²) in [6.07, 6.45) is -2.02. The first kappa shape index (κ1) is 29.7. The number of benzene rings is 1. The van der Waals surface area contributed by atoms with E-state index in [-0.39, 0.29) is 23.8 Å². The predicted molar refractivity (Wildman–Crippen MR) is 115 cm³/mol. The number of carbonyl (C=O) groups excluding carboxylic acids is 3. The molecule has 1 saturated carbocycles. The molecule has 0 heterocycles. The Morgan fingerprint density at radius 1 is 1.14 bits per heavy atom. The van der Waals surface area contributed by atoms with Crippen LogP contribution in [-0.2, 0) is 39.3 Å². The van der Waals surface area contributed by atoms with E-state index in [4.69, 9.17) is 35.3 Å². The Labute approximate surface area is 207 Å². The van der Waals surface area contributed by atoms with Crippen molar-refractivity contribution in [2.45, 2.75) is 43.6 Å². The molecule has 204 valence electrons. The number of amides is 1. The van der Waals surface area contributed by atoms with Crippen LogP contribution in [0.25, 0.3) is 0 Å². The Hall–Kier alpha value is -3.56. The van der Waals surface area contributed by atoms with E-state index in [2.05, 4.69) is 5.32 Å². The summed E-state index contributed by atoms with van der Waals surface area (Å²) in [6, 6.07) is 4.64. The molecule has 1 unspecified atom stereocenters. The molecule has 0 aliphatic heterocycles. The number of alkyl halides is 3. The van der Waals surface area contributed by atoms with Crippen molar-refractivity contribution in [3.63, 3.8) is 0 Å². The Morgan fingerprint density at radius 3 is 2.27 bits per heavy atom. The van der Waals surface area contributed by atoms with Gasteiger partial charge in [0.1, 0.15) is 6.10 Å². The molecule has 37 heavy (non-hydrogen) atoms. The van der Waals surface area contributed by atoms with Gasteiger partial charge in [-0.2, -0.15) is 13.2 Å². The van der Waals surface area contributed by atoms with Crippen LogP contribution in [0.5, 0.6) is 0 Å². The number of hydrogen-bond acceptors (Lipinski definition) is 9. The lowest BCUT2D eigenvalue weighted by Gasteiger charge is -2.28. The molecule has 3 rings (SSSR count). The fourth-order valence-electron chi connectivity index (χ4n) is 3.82. The van der Waals surface area contributed by atoms with E-state index in [0.29, 0.717) is 37.3 Å². The summed E-state index contributed by atoms with van der Waals surface area (Å²) >= 11 is 0. The number of aliphatic carboxylic acids is 2. The van der Waals surface area contributed by atoms with Gasteiger partial charge in [-0.25, -0.2) is 24.2 Å². The molecule has 0 bridgehead atoms. The molecule has 12 nitrogen and oxygen atoms in total. The fourth-order valence-corrected chi connectivity index (χ4v) is 3.82. The number of halogens is 3. The van der Waals surface area contributed by atoms with Gasteiger partial charge in [0.2, 0.25) is 6.41 Å². The highest BCUT2D eigenvalue weighted by molar-refractivity contribution is 6.07. The number of rotatable bonds is 11. The van der Waals surface area contributed by atoms with Gasteiger partial charge in [0.25, 0.3) is 5.60 Å². The van der Waals surface area contributed by atoms with Crippen LogP contribution in [0.3, 0.4) is 0 Å². The van der Waals surface area contributed by atoms with E-state index in [1.54, 1.807) is 12.1 Å². The summed E-state index contributed by atoms with van der Waals surface area (Å²) < 4.78 is 37.4. The van der Waals surface area contributed by atoms with Gasteiger partial charge in [-0.3, -0.25) is 9.59 Å². The number of ether oxygens (including phenoxy) is 1. The number of carbonyl (C=O) groups is 5. The van der Waals surface area contributed by atoms with Crippen molar-refractivity contribution >= 4 is 30.1 Å². The lowest BCUT2D eigenvalue weighted by Crippen LogP contribution is -2.35. The predicted octanol–water partition coefficient (Wildman–Crippen LogP) is 0.899. The van der Waals surface area contributed by atoms with Crippen molar-refractivity contribution in [2.75, 3.05) is 19.7 Å². The van der Waals surface area contributed by atoms with Crippen LogP contribution in [0, 0.1) is 5.92 Å². The molecule has 5 N–H and O–H groups in total. The van der Waals surface area contributed by atoms with E-state index in [1.165, 1.54) is 6.07 Å². The third-order valence-electron chi connectivity index (χ3n) is 5.68. The molecule has 15 heteroatoms. The van der Waals surface area contributed by atoms with E-state index in [0.717, 1.165) is 12.8 Å². The van der Waals surface area contributed by atoms with Gasteiger partial charge in [0.05, 0.1) is 6.54 Å². The van der Waals surface area contributed by atoms with Crippen LogP contribution in [0.4, 0.5) is 13.2 Å². The maximum atomic E-state index is 13.1. The summed E-state index contributed by atoms with van der Waals surface area (Å²) in [6.45, 7) is -0.465. The van der Waals surface area contributed by atoms with Gasteiger partial charge in [-0.05, 0) is 38.1 Å². The van der Waals surface area contributed by atoms with Crippen molar-refractivity contribution in [1.82, 2.24) is 5.32 Å². The van der Waals surface area contributed by atoms with Crippen molar-refractivity contribution in [3.8, 4) is 0 Å². The second kappa shape index (κ2) is 12.6. The van der Waals surface area contributed by atoms with E-state index in [1.807, 2.05) is 0 Å². The molecule has 0 spiro atoms. The topological polar surface area (TPSA) is 192 Å². The second-order valence-electron chi connectivity index (χ2n) is 8.16. The minimum absolute atomic E-state index is 0.171. The highest BCUT2D eigenvalue weighted by atomic mass is 19.4. The van der Waals surface area contributed by atoms with Crippen molar-refractivity contribution in [1.29, 1.82) is 0 Å². The largest absolute Gasteiger partial charge is 0.490 e. The molecule has 1 amide bonds. The van der Waals surface area contributed by atoms with Crippen LogP contribution >= 0.6 is 0 Å². The molecule has 1 fully saturated rings. The average molecular weight is 534 g/mol. The number of nitrogens with two attached hydrogens (primary N) is 1. The quantitative estimate of drug-likeness (QED) is 0.104. The van der Waals surface area contributed by atoms with Crippen molar-refractivity contribution in [2.24, 2.45) is 11.7 Å². The van der Waals surface area contributed by atoms with Crippen molar-refractivity contribution < 1.29 is 61.9 Å². The molecule has 1 atom stereocenters. The molecule has 1 aromatic rings. The van der Waals surface area contributed by atoms with E-state index in [9.17, 15) is 32.3 Å². The third kappa shape index (κ3) is 7.47. The minimum Gasteiger partial charge on any atom is -0.479 e. The van der Waals surface area contributed by atoms with Gasteiger partial charge in [0.15, 0.2) is 12.4 Å². The monoisotopic (exact) mass is 534 g/mol. The van der Waals surface area contributed by atoms with Crippen LogP contribution < -0.4 is 11.1 Å². The lowest BCUT2D eigenvalue weighted by atomic mass is 9.87. The zero-order chi connectivity index (χ0) is 27.8. The molecule has 1 aromatic carbocycles. The van der Waals surface area contributed by atoms with Crippen LogP contribution in [-0.4, -0.2) is 72.3 Å². The Kier molecular flexibility index (Phi) is 10.1. The van der Waals surface area contributed by atoms with Gasteiger partial charge < -0.3 is 26.0 Å². The SMILES string of the molecule is NCC1CCC(OC(=O)C2(OOCC(=O)O)c3cccc(C(=O)CNC=O)c32)CC1.O=C(O)C(F)(F)F. The summed E-state index contributed by atoms with van der Waals surface area (Å²) in [4.78, 5) is 65.7. The number of ketones is 1. The number of nitrogens with one attached hydrogen (secondary N) is 1. The Morgan fingerprint density at radius 2 is 1.76 bits per heavy atom. The Balaban J connectivity index is 0.000000604. The molecular formula is C22H25F3N2O10. The first-order chi connectivity index (χ1) is 17.4. The molecule has 0 aromatic heterocycles. The summed E-state index contributed by atoms with van der Waals surface area (Å²) in [5.74, 6) is -4.83. The molecule has 2 aliphatic rings. The minimum atomic E-state index is -5.08. The summed E-state index contributed by atoms with van der Waals surface area (Å²) in [5, 5.41) is 18.2. The van der Waals surface area contributed by atoms with Crippen LogP contribution in [0.15, 0.2) is 18.2 Å². The number of fused-ring (bicyclic) bond motifs is 1. The number of carboxylic acids is 2. The lowest BCUT2D eigenvalue weighted by molar-refractivity contribution is -0.335. The highest BCUT2D eigenvalue weighted by Gasteiger charge is 2.64. The average Bonchev–Trinajstić information content (AvgIpc) is 3.51. The number of carboxylic acid groups (broad SMARTS) is 2. The highest BCUT2D eigenvalue weighted by Crippen LogP contribution is 2.54.